The van der Waals surface area contributed by atoms with E-state index in [1.165, 1.54) is 19.3 Å². The molecular weight excluding hydrogens is 428 g/mol. The second-order valence-corrected chi connectivity index (χ2v) is 9.65. The highest BCUT2D eigenvalue weighted by Gasteiger charge is 2.33. The van der Waals surface area contributed by atoms with Crippen LogP contribution in [0.15, 0.2) is 48.5 Å². The van der Waals surface area contributed by atoms with Crippen LogP contribution in [0.5, 0.6) is 5.75 Å². The molecule has 7 heteroatoms. The van der Waals surface area contributed by atoms with Crippen molar-refractivity contribution in [2.75, 3.05) is 11.9 Å². The van der Waals surface area contributed by atoms with E-state index in [0.29, 0.717) is 19.1 Å². The fourth-order valence-electron chi connectivity index (χ4n) is 4.80. The van der Waals surface area contributed by atoms with Crippen LogP contribution in [0.3, 0.4) is 0 Å². The van der Waals surface area contributed by atoms with Crippen LogP contribution in [0.1, 0.15) is 56.6 Å². The topological polar surface area (TPSA) is 93.7 Å². The monoisotopic (exact) mass is 464 g/mol. The van der Waals surface area contributed by atoms with Gasteiger partial charge in [0, 0.05) is 18.6 Å². The van der Waals surface area contributed by atoms with Crippen LogP contribution in [0, 0.1) is 0 Å². The lowest BCUT2D eigenvalue weighted by atomic mass is 9.95. The molecule has 1 aliphatic carbocycles. The van der Waals surface area contributed by atoms with Crippen molar-refractivity contribution in [3.8, 4) is 5.75 Å². The standard InChI is InChI=1S/C27H36N4O3/c1-19(12-13-20-14-15-23(25(32)16-20)29-22-10-6-3-7-11-22)28-26(33)24-18-31(27(34)30-24)17-21-8-4-2-5-9-21/h2,4-5,8-9,14-16,19,22,24,29,32H,3,6-7,10-13,17-18H2,1H3,(H,28,33)(H,30,34)/t19-,24?/m0/s1. The van der Waals surface area contributed by atoms with E-state index in [4.69, 9.17) is 0 Å². The Balaban J connectivity index is 1.22. The summed E-state index contributed by atoms with van der Waals surface area (Å²) < 4.78 is 0. The van der Waals surface area contributed by atoms with Gasteiger partial charge in [-0.2, -0.15) is 0 Å². The number of carbonyl (C=O) groups is 2. The molecule has 2 aromatic rings. The largest absolute Gasteiger partial charge is 0.506 e. The van der Waals surface area contributed by atoms with E-state index in [9.17, 15) is 14.7 Å². The number of aryl methyl sites for hydroxylation is 1. The molecule has 1 saturated heterocycles. The third-order valence-electron chi connectivity index (χ3n) is 6.80. The molecule has 0 aromatic heterocycles. The Morgan fingerprint density at radius 3 is 2.62 bits per heavy atom. The molecule has 1 aliphatic heterocycles. The van der Waals surface area contributed by atoms with Gasteiger partial charge in [-0.3, -0.25) is 4.79 Å². The van der Waals surface area contributed by atoms with Crippen LogP contribution in [0.2, 0.25) is 0 Å². The zero-order valence-corrected chi connectivity index (χ0v) is 19.9. The average Bonchev–Trinajstić information content (AvgIpc) is 3.21. The fraction of sp³-hybridized carbons (Fsp3) is 0.481. The van der Waals surface area contributed by atoms with Gasteiger partial charge >= 0.3 is 6.03 Å². The van der Waals surface area contributed by atoms with Crippen molar-refractivity contribution in [2.45, 2.75) is 76.5 Å². The van der Waals surface area contributed by atoms with Gasteiger partial charge in [0.2, 0.25) is 5.91 Å². The fourth-order valence-corrected chi connectivity index (χ4v) is 4.80. The second-order valence-electron chi connectivity index (χ2n) is 9.65. The summed E-state index contributed by atoms with van der Waals surface area (Å²) in [5.41, 5.74) is 2.88. The van der Waals surface area contributed by atoms with Crippen LogP contribution in [-0.4, -0.2) is 46.6 Å². The highest BCUT2D eigenvalue weighted by atomic mass is 16.3. The summed E-state index contributed by atoms with van der Waals surface area (Å²) in [7, 11) is 0. The normalized spacial score (nSPS) is 19.5. The summed E-state index contributed by atoms with van der Waals surface area (Å²) >= 11 is 0. The smallest absolute Gasteiger partial charge is 0.318 e. The van der Waals surface area contributed by atoms with Crippen molar-refractivity contribution in [3.63, 3.8) is 0 Å². The first kappa shape index (κ1) is 23.9. The zero-order chi connectivity index (χ0) is 23.9. The number of hydrogen-bond donors (Lipinski definition) is 4. The number of carbonyl (C=O) groups excluding carboxylic acids is 2. The summed E-state index contributed by atoms with van der Waals surface area (Å²) in [4.78, 5) is 26.6. The lowest BCUT2D eigenvalue weighted by Gasteiger charge is -2.24. The predicted octanol–water partition coefficient (Wildman–Crippen LogP) is 4.17. The van der Waals surface area contributed by atoms with Crippen molar-refractivity contribution in [1.82, 2.24) is 15.5 Å². The highest BCUT2D eigenvalue weighted by Crippen LogP contribution is 2.29. The number of rotatable bonds is 9. The number of phenolic OH excluding ortho intramolecular Hbond substituents is 1. The third-order valence-corrected chi connectivity index (χ3v) is 6.80. The van der Waals surface area contributed by atoms with Gasteiger partial charge in [-0.25, -0.2) is 4.79 Å². The Labute approximate surface area is 201 Å². The summed E-state index contributed by atoms with van der Waals surface area (Å²) in [5, 5.41) is 19.7. The van der Waals surface area contributed by atoms with Crippen molar-refractivity contribution >= 4 is 17.6 Å². The number of nitrogens with one attached hydrogen (secondary N) is 3. The van der Waals surface area contributed by atoms with Crippen LogP contribution in [0.25, 0.3) is 0 Å². The van der Waals surface area contributed by atoms with Gasteiger partial charge in [-0.15, -0.1) is 0 Å². The van der Waals surface area contributed by atoms with Gasteiger partial charge in [-0.05, 0) is 55.9 Å². The summed E-state index contributed by atoms with van der Waals surface area (Å²) in [6.45, 7) is 2.81. The molecule has 7 nitrogen and oxygen atoms in total. The minimum atomic E-state index is -0.548. The minimum absolute atomic E-state index is 0.0465. The third kappa shape index (κ3) is 6.43. The van der Waals surface area contributed by atoms with Crippen molar-refractivity contribution in [3.05, 3.63) is 59.7 Å². The van der Waals surface area contributed by atoms with Crippen molar-refractivity contribution in [1.29, 1.82) is 0 Å². The molecule has 3 amide bonds. The Hall–Kier alpha value is -3.22. The van der Waals surface area contributed by atoms with E-state index in [-0.39, 0.29) is 23.7 Å². The van der Waals surface area contributed by atoms with Crippen LogP contribution in [-0.2, 0) is 17.8 Å². The molecule has 2 aromatic carbocycles. The molecule has 34 heavy (non-hydrogen) atoms. The molecule has 1 unspecified atom stereocenters. The van der Waals surface area contributed by atoms with E-state index >= 15 is 0 Å². The summed E-state index contributed by atoms with van der Waals surface area (Å²) in [6.07, 6.45) is 7.60. The molecule has 4 rings (SSSR count). The lowest BCUT2D eigenvalue weighted by molar-refractivity contribution is -0.123. The van der Waals surface area contributed by atoms with E-state index in [0.717, 1.165) is 42.5 Å². The van der Waals surface area contributed by atoms with Gasteiger partial charge in [-0.1, -0.05) is 55.7 Å². The van der Waals surface area contributed by atoms with Crippen LogP contribution in [0.4, 0.5) is 10.5 Å². The molecule has 2 atom stereocenters. The number of hydrogen-bond acceptors (Lipinski definition) is 4. The van der Waals surface area contributed by atoms with Crippen LogP contribution >= 0.6 is 0 Å². The minimum Gasteiger partial charge on any atom is -0.506 e. The van der Waals surface area contributed by atoms with Gasteiger partial charge in [0.15, 0.2) is 0 Å². The first-order valence-corrected chi connectivity index (χ1v) is 12.5. The predicted molar refractivity (Wildman–Crippen MR) is 134 cm³/mol. The van der Waals surface area contributed by atoms with Gasteiger partial charge in [0.1, 0.15) is 11.8 Å². The van der Waals surface area contributed by atoms with E-state index in [1.807, 2.05) is 55.5 Å². The Morgan fingerprint density at radius 2 is 1.88 bits per heavy atom. The lowest BCUT2D eigenvalue weighted by Crippen LogP contribution is -2.46. The number of urea groups is 1. The molecule has 2 aliphatic rings. The molecule has 0 bridgehead atoms. The van der Waals surface area contributed by atoms with E-state index < -0.39 is 6.04 Å². The summed E-state index contributed by atoms with van der Waals surface area (Å²) in [5.74, 6) is 0.123. The quantitative estimate of drug-likeness (QED) is 0.419. The molecule has 182 valence electrons. The Bertz CT molecular complexity index is 975. The van der Waals surface area contributed by atoms with Crippen molar-refractivity contribution < 1.29 is 14.7 Å². The van der Waals surface area contributed by atoms with Gasteiger partial charge < -0.3 is 26.0 Å². The maximum atomic E-state index is 12.7. The number of amides is 3. The Morgan fingerprint density at radius 1 is 1.12 bits per heavy atom. The van der Waals surface area contributed by atoms with E-state index in [1.54, 1.807) is 4.90 Å². The zero-order valence-electron chi connectivity index (χ0n) is 19.9. The van der Waals surface area contributed by atoms with E-state index in [2.05, 4.69) is 16.0 Å². The number of anilines is 1. The van der Waals surface area contributed by atoms with Gasteiger partial charge in [0.05, 0.1) is 12.2 Å². The first-order valence-electron chi connectivity index (χ1n) is 12.5. The Kier molecular flexibility index (Phi) is 7.93. The number of aromatic hydroxyl groups is 1. The second kappa shape index (κ2) is 11.3. The molecule has 2 fully saturated rings. The number of benzene rings is 2. The van der Waals surface area contributed by atoms with Gasteiger partial charge in [0.25, 0.3) is 0 Å². The summed E-state index contributed by atoms with van der Waals surface area (Å²) in [6, 6.07) is 15.2. The molecule has 4 N–H and O–H groups in total. The maximum Gasteiger partial charge on any atom is 0.318 e. The first-order chi connectivity index (χ1) is 16.5. The molecular formula is C27H36N4O3. The highest BCUT2D eigenvalue weighted by molar-refractivity contribution is 5.90. The number of nitrogens with zero attached hydrogens (tertiary/aromatic N) is 1. The van der Waals surface area contributed by atoms with Crippen molar-refractivity contribution in [2.24, 2.45) is 0 Å². The maximum absolute atomic E-state index is 12.7. The molecule has 0 radical (unpaired) electrons. The molecule has 0 spiro atoms. The average molecular weight is 465 g/mol. The van der Waals surface area contributed by atoms with Crippen LogP contribution < -0.4 is 16.0 Å². The SMILES string of the molecule is C[C@@H](CCc1ccc(NC2CCCCC2)c(O)c1)NC(=O)C1CN(Cc2ccccc2)C(=O)N1. The number of phenols is 1. The molecule has 1 heterocycles. The molecule has 1 saturated carbocycles.